The van der Waals surface area contributed by atoms with E-state index in [1.807, 2.05) is 30.3 Å². The molecule has 0 bridgehead atoms. The summed E-state index contributed by atoms with van der Waals surface area (Å²) >= 11 is 0. The van der Waals surface area contributed by atoms with Crippen LogP contribution in [0.1, 0.15) is 56.9 Å². The molecule has 0 radical (unpaired) electrons. The Bertz CT molecular complexity index is 588. The minimum Gasteiger partial charge on any atom is -0.449 e. The standard InChI is InChI=1S/C19H25NO3/c1-2-23-18(21)20-14-11-16(15-9-5-6-10-17(15)20)19(22)12-7-3-4-8-13-19/h5-6,9-11,14,16,22H,2-4,7-8,12-13H2,1H3. The Balaban J connectivity index is 1.95. The van der Waals surface area contributed by atoms with Crippen LogP contribution in [0.3, 0.4) is 0 Å². The molecule has 0 saturated heterocycles. The molecule has 1 unspecified atom stereocenters. The number of ether oxygens (including phenoxy) is 1. The first-order valence-electron chi connectivity index (χ1n) is 8.61. The van der Waals surface area contributed by atoms with Gasteiger partial charge in [-0.2, -0.15) is 0 Å². The van der Waals surface area contributed by atoms with E-state index >= 15 is 0 Å². The predicted molar refractivity (Wildman–Crippen MR) is 90.5 cm³/mol. The van der Waals surface area contributed by atoms with Crippen molar-refractivity contribution in [3.8, 4) is 0 Å². The highest BCUT2D eigenvalue weighted by Crippen LogP contribution is 2.45. The van der Waals surface area contributed by atoms with Crippen molar-refractivity contribution in [2.45, 2.75) is 57.0 Å². The van der Waals surface area contributed by atoms with Crippen LogP contribution in [-0.4, -0.2) is 23.4 Å². The summed E-state index contributed by atoms with van der Waals surface area (Å²) in [6.45, 7) is 2.15. The van der Waals surface area contributed by atoms with Crippen molar-refractivity contribution >= 4 is 11.8 Å². The van der Waals surface area contributed by atoms with E-state index in [0.717, 1.165) is 36.9 Å². The second-order valence-corrected chi connectivity index (χ2v) is 6.46. The molecule has 4 heteroatoms. The summed E-state index contributed by atoms with van der Waals surface area (Å²) < 4.78 is 5.14. The summed E-state index contributed by atoms with van der Waals surface area (Å²) in [5.74, 6) is -0.0672. The van der Waals surface area contributed by atoms with Gasteiger partial charge in [-0.3, -0.25) is 4.90 Å². The molecule has 1 aliphatic carbocycles. The molecule has 2 aliphatic rings. The first-order valence-corrected chi connectivity index (χ1v) is 8.61. The number of benzene rings is 1. The Morgan fingerprint density at radius 1 is 1.26 bits per heavy atom. The zero-order valence-corrected chi connectivity index (χ0v) is 13.7. The largest absolute Gasteiger partial charge is 0.449 e. The molecule has 1 aliphatic heterocycles. The van der Waals surface area contributed by atoms with Gasteiger partial charge in [0.25, 0.3) is 0 Å². The average molecular weight is 315 g/mol. The number of carbonyl (C=O) groups excluding carboxylic acids is 1. The minimum absolute atomic E-state index is 0.0672. The second-order valence-electron chi connectivity index (χ2n) is 6.46. The summed E-state index contributed by atoms with van der Waals surface area (Å²) in [6, 6.07) is 7.81. The lowest BCUT2D eigenvalue weighted by Gasteiger charge is -2.38. The van der Waals surface area contributed by atoms with E-state index in [-0.39, 0.29) is 12.0 Å². The highest BCUT2D eigenvalue weighted by Gasteiger charge is 2.40. The van der Waals surface area contributed by atoms with E-state index in [1.165, 1.54) is 17.7 Å². The lowest BCUT2D eigenvalue weighted by Crippen LogP contribution is -2.39. The molecule has 3 rings (SSSR count). The van der Waals surface area contributed by atoms with Gasteiger partial charge in [0.2, 0.25) is 0 Å². The minimum atomic E-state index is -0.718. The van der Waals surface area contributed by atoms with E-state index in [2.05, 4.69) is 0 Å². The van der Waals surface area contributed by atoms with Gasteiger partial charge in [0.15, 0.2) is 0 Å². The molecule has 1 N–H and O–H groups in total. The van der Waals surface area contributed by atoms with E-state index in [9.17, 15) is 9.90 Å². The van der Waals surface area contributed by atoms with Crippen LogP contribution >= 0.6 is 0 Å². The van der Waals surface area contributed by atoms with Crippen LogP contribution in [0.15, 0.2) is 36.5 Å². The second kappa shape index (κ2) is 6.75. The molecule has 1 aromatic rings. The summed E-state index contributed by atoms with van der Waals surface area (Å²) in [5.41, 5.74) is 1.10. The molecule has 1 saturated carbocycles. The van der Waals surface area contributed by atoms with Crippen molar-refractivity contribution < 1.29 is 14.6 Å². The quantitative estimate of drug-likeness (QED) is 0.826. The van der Waals surface area contributed by atoms with Gasteiger partial charge < -0.3 is 9.84 Å². The smallest absolute Gasteiger partial charge is 0.418 e. The molecule has 1 fully saturated rings. The Morgan fingerprint density at radius 3 is 2.65 bits per heavy atom. The topological polar surface area (TPSA) is 49.8 Å². The van der Waals surface area contributed by atoms with Crippen LogP contribution in [0.4, 0.5) is 10.5 Å². The van der Waals surface area contributed by atoms with Gasteiger partial charge in [0.05, 0.1) is 17.9 Å². The SMILES string of the molecule is CCOC(=O)N1C=CC(C2(O)CCCCCC2)c2ccccc21. The van der Waals surface area contributed by atoms with Crippen molar-refractivity contribution in [1.29, 1.82) is 0 Å². The van der Waals surface area contributed by atoms with Crippen LogP contribution in [0.2, 0.25) is 0 Å². The van der Waals surface area contributed by atoms with Gasteiger partial charge in [0.1, 0.15) is 0 Å². The van der Waals surface area contributed by atoms with Gasteiger partial charge in [-0.25, -0.2) is 4.79 Å². The highest BCUT2D eigenvalue weighted by molar-refractivity contribution is 5.91. The van der Waals surface area contributed by atoms with Gasteiger partial charge in [0, 0.05) is 12.1 Å². The van der Waals surface area contributed by atoms with E-state index in [1.54, 1.807) is 13.1 Å². The number of hydrogen-bond acceptors (Lipinski definition) is 3. The summed E-state index contributed by atoms with van der Waals surface area (Å²) in [5, 5.41) is 11.3. The molecule has 1 atom stereocenters. The highest BCUT2D eigenvalue weighted by atomic mass is 16.6. The maximum Gasteiger partial charge on any atom is 0.418 e. The molecule has 0 spiro atoms. The Labute approximate surface area is 137 Å². The number of hydrogen-bond donors (Lipinski definition) is 1. The van der Waals surface area contributed by atoms with Crippen LogP contribution in [0.25, 0.3) is 0 Å². The fourth-order valence-electron chi connectivity index (χ4n) is 3.80. The van der Waals surface area contributed by atoms with Gasteiger partial charge in [-0.1, -0.05) is 50.0 Å². The molecular weight excluding hydrogens is 290 g/mol. The van der Waals surface area contributed by atoms with Crippen molar-refractivity contribution in [3.63, 3.8) is 0 Å². The first kappa shape index (κ1) is 16.1. The summed E-state index contributed by atoms with van der Waals surface area (Å²) in [4.78, 5) is 13.7. The van der Waals surface area contributed by atoms with Crippen LogP contribution in [0, 0.1) is 0 Å². The number of nitrogens with zero attached hydrogens (tertiary/aromatic N) is 1. The number of aliphatic hydroxyl groups is 1. The average Bonchev–Trinajstić information content (AvgIpc) is 2.79. The normalized spacial score (nSPS) is 23.0. The number of carbonyl (C=O) groups is 1. The van der Waals surface area contributed by atoms with Crippen LogP contribution in [-0.2, 0) is 4.74 Å². The van der Waals surface area contributed by atoms with Gasteiger partial charge >= 0.3 is 6.09 Å². The number of rotatable bonds is 2. The van der Waals surface area contributed by atoms with Crippen molar-refractivity contribution in [3.05, 3.63) is 42.1 Å². The monoisotopic (exact) mass is 315 g/mol. The zero-order valence-electron chi connectivity index (χ0n) is 13.7. The fourth-order valence-corrected chi connectivity index (χ4v) is 3.80. The van der Waals surface area contributed by atoms with Crippen LogP contribution < -0.4 is 4.90 Å². The molecule has 4 nitrogen and oxygen atoms in total. The molecule has 1 aromatic carbocycles. The first-order chi connectivity index (χ1) is 11.2. The van der Waals surface area contributed by atoms with Crippen molar-refractivity contribution in [1.82, 2.24) is 0 Å². The maximum absolute atomic E-state index is 12.2. The fraction of sp³-hybridized carbons (Fsp3) is 0.526. The zero-order chi connectivity index (χ0) is 16.3. The molecule has 1 heterocycles. The number of fused-ring (bicyclic) bond motifs is 1. The third-order valence-electron chi connectivity index (χ3n) is 4.97. The predicted octanol–water partition coefficient (Wildman–Crippen LogP) is 4.35. The Morgan fingerprint density at radius 2 is 1.96 bits per heavy atom. The van der Waals surface area contributed by atoms with E-state index in [0.29, 0.717) is 6.61 Å². The van der Waals surface area contributed by atoms with E-state index < -0.39 is 5.60 Å². The third kappa shape index (κ3) is 3.13. The molecule has 124 valence electrons. The Hall–Kier alpha value is -1.81. The van der Waals surface area contributed by atoms with Gasteiger partial charge in [-0.15, -0.1) is 0 Å². The van der Waals surface area contributed by atoms with E-state index in [4.69, 9.17) is 4.74 Å². The molecule has 1 amide bonds. The molecule has 0 aromatic heterocycles. The van der Waals surface area contributed by atoms with Crippen molar-refractivity contribution in [2.75, 3.05) is 11.5 Å². The number of anilines is 1. The Kier molecular flexibility index (Phi) is 4.71. The lowest BCUT2D eigenvalue weighted by molar-refractivity contribution is 0.0104. The summed E-state index contributed by atoms with van der Waals surface area (Å²) in [7, 11) is 0. The third-order valence-corrected chi connectivity index (χ3v) is 4.97. The maximum atomic E-state index is 12.2. The molecular formula is C19H25NO3. The number of amides is 1. The van der Waals surface area contributed by atoms with Crippen LogP contribution in [0.5, 0.6) is 0 Å². The number of para-hydroxylation sites is 1. The lowest BCUT2D eigenvalue weighted by atomic mass is 9.75. The molecule has 23 heavy (non-hydrogen) atoms. The summed E-state index contributed by atoms with van der Waals surface area (Å²) in [6.07, 6.45) is 9.48. The van der Waals surface area contributed by atoms with Crippen molar-refractivity contribution in [2.24, 2.45) is 0 Å². The van der Waals surface area contributed by atoms with Gasteiger partial charge in [-0.05, 0) is 31.4 Å².